The Bertz CT molecular complexity index is 960. The monoisotopic (exact) mass is 436 g/mol. The van der Waals surface area contributed by atoms with Gasteiger partial charge in [-0.2, -0.15) is 0 Å². The molecule has 0 aliphatic rings. The van der Waals surface area contributed by atoms with E-state index in [9.17, 15) is 13.2 Å². The average Bonchev–Trinajstić information content (AvgIpc) is 2.65. The van der Waals surface area contributed by atoms with Crippen LogP contribution in [0.4, 0.5) is 5.69 Å². The van der Waals surface area contributed by atoms with E-state index < -0.39 is 16.1 Å². The third-order valence-corrected chi connectivity index (χ3v) is 6.35. The summed E-state index contributed by atoms with van der Waals surface area (Å²) >= 11 is 6.17. The van der Waals surface area contributed by atoms with Crippen LogP contribution in [0.25, 0.3) is 0 Å². The van der Waals surface area contributed by atoms with Crippen molar-refractivity contribution in [3.63, 3.8) is 0 Å². The molecule has 0 saturated carbocycles. The van der Waals surface area contributed by atoms with Gasteiger partial charge in [0.05, 0.1) is 11.9 Å². The summed E-state index contributed by atoms with van der Waals surface area (Å²) < 4.78 is 26.4. The fourth-order valence-corrected chi connectivity index (χ4v) is 4.79. The minimum atomic E-state index is -3.64. The summed E-state index contributed by atoms with van der Waals surface area (Å²) in [5.74, 6) is -0.294. The second kappa shape index (κ2) is 10.1. The number of carbonyl (C=O) groups excluding carboxylic acids is 1. The predicted molar refractivity (Wildman–Crippen MR) is 120 cm³/mol. The van der Waals surface area contributed by atoms with Crippen molar-refractivity contribution in [3.05, 3.63) is 64.2 Å². The van der Waals surface area contributed by atoms with Crippen molar-refractivity contribution in [2.24, 2.45) is 0 Å². The molecule has 5 nitrogen and oxygen atoms in total. The number of benzene rings is 2. The first-order chi connectivity index (χ1) is 13.6. The van der Waals surface area contributed by atoms with Gasteiger partial charge in [0.25, 0.3) is 0 Å². The second-order valence-electron chi connectivity index (χ2n) is 7.26. The van der Waals surface area contributed by atoms with E-state index in [0.717, 1.165) is 29.4 Å². The van der Waals surface area contributed by atoms with Gasteiger partial charge in [-0.15, -0.1) is 0 Å². The second-order valence-corrected chi connectivity index (χ2v) is 9.53. The summed E-state index contributed by atoms with van der Waals surface area (Å²) in [6.07, 6.45) is 2.97. The highest BCUT2D eigenvalue weighted by molar-refractivity contribution is 7.92. The van der Waals surface area contributed by atoms with E-state index in [1.165, 1.54) is 4.31 Å². The van der Waals surface area contributed by atoms with Gasteiger partial charge in [-0.05, 0) is 61.9 Å². The molecule has 29 heavy (non-hydrogen) atoms. The molecule has 0 radical (unpaired) electrons. The lowest BCUT2D eigenvalue weighted by atomic mass is 10.1. The Kier molecular flexibility index (Phi) is 8.11. The molecule has 2 aromatic rings. The lowest BCUT2D eigenvalue weighted by Gasteiger charge is -2.31. The maximum atomic E-state index is 12.9. The highest BCUT2D eigenvalue weighted by atomic mass is 35.5. The smallest absolute Gasteiger partial charge is 0.243 e. The zero-order valence-corrected chi connectivity index (χ0v) is 19.0. The highest BCUT2D eigenvalue weighted by Crippen LogP contribution is 2.27. The zero-order valence-electron chi connectivity index (χ0n) is 17.4. The Morgan fingerprint density at radius 3 is 2.48 bits per heavy atom. The van der Waals surface area contributed by atoms with Gasteiger partial charge in [-0.25, -0.2) is 8.42 Å². The molecular weight excluding hydrogens is 408 g/mol. The van der Waals surface area contributed by atoms with E-state index in [1.54, 1.807) is 0 Å². The van der Waals surface area contributed by atoms with Crippen LogP contribution in [0.1, 0.15) is 36.5 Å². The van der Waals surface area contributed by atoms with Crippen LogP contribution in [-0.2, 0) is 21.2 Å². The number of hydrogen-bond donors (Lipinski definition) is 1. The lowest BCUT2D eigenvalue weighted by molar-refractivity contribution is -0.122. The molecule has 0 aromatic heterocycles. The molecule has 158 valence electrons. The molecule has 0 aliphatic carbocycles. The Morgan fingerprint density at radius 1 is 1.17 bits per heavy atom. The van der Waals surface area contributed by atoms with Crippen LogP contribution in [0.3, 0.4) is 0 Å². The standard InChI is InChI=1S/C22H29ClN2O3S/c1-5-20(22(26)24-14-8-10-18-9-6-7-11-19(18)23)25(29(4,27)28)21-15-16(2)12-13-17(21)3/h6-7,9,11-13,15,20H,5,8,10,14H2,1-4H3,(H,24,26)/t20-/m1/s1. The van der Waals surface area contributed by atoms with Crippen LogP contribution in [0.2, 0.25) is 5.02 Å². The Labute approximate surface area is 179 Å². The maximum absolute atomic E-state index is 12.9. The van der Waals surface area contributed by atoms with Crippen LogP contribution >= 0.6 is 11.6 Å². The molecule has 0 aliphatic heterocycles. The number of anilines is 1. The third kappa shape index (κ3) is 6.21. The molecule has 2 rings (SSSR count). The molecule has 1 amide bonds. The molecule has 2 aromatic carbocycles. The summed E-state index contributed by atoms with van der Waals surface area (Å²) in [6, 6.07) is 12.4. The van der Waals surface area contributed by atoms with Crippen molar-refractivity contribution in [1.29, 1.82) is 0 Å². The van der Waals surface area contributed by atoms with E-state index in [0.29, 0.717) is 30.1 Å². The van der Waals surface area contributed by atoms with E-state index in [2.05, 4.69) is 5.32 Å². The molecule has 1 atom stereocenters. The number of carbonyl (C=O) groups is 1. The molecule has 0 fully saturated rings. The molecular formula is C22H29ClN2O3S. The molecule has 1 N–H and O–H groups in total. The summed E-state index contributed by atoms with van der Waals surface area (Å²) in [7, 11) is -3.64. The van der Waals surface area contributed by atoms with Crippen LogP contribution in [-0.4, -0.2) is 33.2 Å². The third-order valence-electron chi connectivity index (χ3n) is 4.81. The molecule has 0 bridgehead atoms. The molecule has 0 saturated heterocycles. The lowest BCUT2D eigenvalue weighted by Crippen LogP contribution is -2.49. The Hall–Kier alpha value is -2.05. The van der Waals surface area contributed by atoms with Gasteiger partial charge >= 0.3 is 0 Å². The topological polar surface area (TPSA) is 66.5 Å². The number of aryl methyl sites for hydroxylation is 3. The summed E-state index contributed by atoms with van der Waals surface area (Å²) in [6.45, 7) is 6.02. The van der Waals surface area contributed by atoms with E-state index in [-0.39, 0.29) is 5.91 Å². The van der Waals surface area contributed by atoms with Crippen LogP contribution in [0.5, 0.6) is 0 Å². The van der Waals surface area contributed by atoms with Gasteiger partial charge in [0, 0.05) is 11.6 Å². The van der Waals surface area contributed by atoms with Crippen LogP contribution in [0.15, 0.2) is 42.5 Å². The molecule has 0 spiro atoms. The van der Waals surface area contributed by atoms with Crippen molar-refractivity contribution < 1.29 is 13.2 Å². The number of halogens is 1. The number of rotatable bonds is 9. The highest BCUT2D eigenvalue weighted by Gasteiger charge is 2.32. The first kappa shape index (κ1) is 23.2. The van der Waals surface area contributed by atoms with Gasteiger partial charge in [0.15, 0.2) is 0 Å². The minimum Gasteiger partial charge on any atom is -0.354 e. The van der Waals surface area contributed by atoms with E-state index >= 15 is 0 Å². The number of nitrogens with one attached hydrogen (secondary N) is 1. The molecule has 7 heteroatoms. The van der Waals surface area contributed by atoms with Gasteiger partial charge in [-0.3, -0.25) is 9.10 Å². The minimum absolute atomic E-state index is 0.294. The normalized spacial score (nSPS) is 12.4. The Balaban J connectivity index is 2.12. The van der Waals surface area contributed by atoms with Crippen molar-refractivity contribution in [2.75, 3.05) is 17.1 Å². The van der Waals surface area contributed by atoms with Crippen molar-refractivity contribution in [3.8, 4) is 0 Å². The molecule has 0 unspecified atom stereocenters. The first-order valence-electron chi connectivity index (χ1n) is 9.73. The van der Waals surface area contributed by atoms with Crippen molar-refractivity contribution in [1.82, 2.24) is 5.32 Å². The number of hydrogen-bond acceptors (Lipinski definition) is 3. The van der Waals surface area contributed by atoms with Gasteiger partial charge in [0.1, 0.15) is 6.04 Å². The van der Waals surface area contributed by atoms with Gasteiger partial charge < -0.3 is 5.32 Å². The zero-order chi connectivity index (χ0) is 21.6. The quantitative estimate of drug-likeness (QED) is 0.597. The maximum Gasteiger partial charge on any atom is 0.243 e. The fourth-order valence-electron chi connectivity index (χ4n) is 3.30. The van der Waals surface area contributed by atoms with E-state index in [4.69, 9.17) is 11.6 Å². The van der Waals surface area contributed by atoms with Crippen LogP contribution in [0, 0.1) is 13.8 Å². The van der Waals surface area contributed by atoms with Gasteiger partial charge in [0.2, 0.25) is 15.9 Å². The Morgan fingerprint density at radius 2 is 1.86 bits per heavy atom. The summed E-state index contributed by atoms with van der Waals surface area (Å²) in [5, 5.41) is 3.60. The predicted octanol–water partition coefficient (Wildman–Crippen LogP) is 4.25. The number of sulfonamides is 1. The SMILES string of the molecule is CC[C@H](C(=O)NCCCc1ccccc1Cl)N(c1cc(C)ccc1C)S(C)(=O)=O. The van der Waals surface area contributed by atoms with Gasteiger partial charge in [-0.1, -0.05) is 48.9 Å². The van der Waals surface area contributed by atoms with Crippen molar-refractivity contribution in [2.45, 2.75) is 46.1 Å². The van der Waals surface area contributed by atoms with E-state index in [1.807, 2.05) is 63.2 Å². The average molecular weight is 437 g/mol. The fraction of sp³-hybridized carbons (Fsp3) is 0.409. The van der Waals surface area contributed by atoms with Crippen molar-refractivity contribution >= 4 is 33.2 Å². The largest absolute Gasteiger partial charge is 0.354 e. The molecule has 0 heterocycles. The summed E-state index contributed by atoms with van der Waals surface area (Å²) in [4.78, 5) is 12.9. The first-order valence-corrected chi connectivity index (χ1v) is 12.0. The summed E-state index contributed by atoms with van der Waals surface area (Å²) in [5.41, 5.74) is 3.33. The number of nitrogens with zero attached hydrogens (tertiary/aromatic N) is 1. The number of amides is 1. The van der Waals surface area contributed by atoms with Crippen LogP contribution < -0.4 is 9.62 Å².